The van der Waals surface area contributed by atoms with Gasteiger partial charge in [0.2, 0.25) is 11.8 Å². The second kappa shape index (κ2) is 6.94. The van der Waals surface area contributed by atoms with Crippen LogP contribution < -0.4 is 10.6 Å². The highest BCUT2D eigenvalue weighted by Gasteiger charge is 2.14. The van der Waals surface area contributed by atoms with Crippen molar-refractivity contribution in [3.63, 3.8) is 0 Å². The van der Waals surface area contributed by atoms with Crippen LogP contribution in [0.4, 0.5) is 0 Å². The van der Waals surface area contributed by atoms with Gasteiger partial charge < -0.3 is 10.6 Å². The number of nitrogens with one attached hydrogen (secondary N) is 2. The van der Waals surface area contributed by atoms with E-state index in [1.54, 1.807) is 0 Å². The Morgan fingerprint density at radius 1 is 0.933 bits per heavy atom. The largest absolute Gasteiger partial charge is 0.358 e. The van der Waals surface area contributed by atoms with Crippen LogP contribution in [0.3, 0.4) is 0 Å². The summed E-state index contributed by atoms with van der Waals surface area (Å²) in [4.78, 5) is 34.5. The summed E-state index contributed by atoms with van der Waals surface area (Å²) in [5, 5.41) is 4.87. The Bertz CT molecular complexity index is 235. The van der Waals surface area contributed by atoms with E-state index in [-0.39, 0.29) is 37.2 Å². The molecule has 0 aliphatic rings. The molecule has 0 unspecified atom stereocenters. The van der Waals surface area contributed by atoms with Gasteiger partial charge in [0.15, 0.2) is 0 Å². The van der Waals surface area contributed by atoms with Crippen molar-refractivity contribution >= 4 is 17.6 Å². The van der Waals surface area contributed by atoms with Crippen molar-refractivity contribution in [1.82, 2.24) is 15.5 Å². The van der Waals surface area contributed by atoms with Crippen LogP contribution in [0.25, 0.3) is 0 Å². The highest BCUT2D eigenvalue weighted by Crippen LogP contribution is 1.89. The molecule has 2 amide bonds. The lowest BCUT2D eigenvalue weighted by Gasteiger charge is -2.18. The molecule has 2 N–H and O–H groups in total. The molecular formula is C9H17N3O3. The predicted octanol–water partition coefficient (Wildman–Crippen LogP) is -1.63. The Labute approximate surface area is 89.0 Å². The Morgan fingerprint density at radius 2 is 1.33 bits per heavy atom. The molecular weight excluding hydrogens is 198 g/mol. The molecule has 0 spiro atoms. The van der Waals surface area contributed by atoms with Gasteiger partial charge in [-0.3, -0.25) is 19.3 Å². The van der Waals surface area contributed by atoms with Gasteiger partial charge in [-0.1, -0.05) is 0 Å². The van der Waals surface area contributed by atoms with Gasteiger partial charge in [-0.25, -0.2) is 0 Å². The SMILES string of the molecule is CNC(=O)CN(CC(C)=O)CC(=O)NC. The Morgan fingerprint density at radius 3 is 1.60 bits per heavy atom. The summed E-state index contributed by atoms with van der Waals surface area (Å²) in [5.74, 6) is -0.525. The third-order valence-electron chi connectivity index (χ3n) is 1.74. The number of rotatable bonds is 6. The quantitative estimate of drug-likeness (QED) is 0.557. The second-order valence-electron chi connectivity index (χ2n) is 3.19. The van der Waals surface area contributed by atoms with Gasteiger partial charge in [0.1, 0.15) is 5.78 Å². The van der Waals surface area contributed by atoms with E-state index in [0.29, 0.717) is 0 Å². The van der Waals surface area contributed by atoms with E-state index in [2.05, 4.69) is 10.6 Å². The van der Waals surface area contributed by atoms with Crippen LogP contribution in [-0.4, -0.2) is 56.2 Å². The number of likely N-dealkylation sites (N-methyl/N-ethyl adjacent to an activating group) is 2. The summed E-state index contributed by atoms with van der Waals surface area (Å²) < 4.78 is 0. The van der Waals surface area contributed by atoms with Crippen molar-refractivity contribution in [3.05, 3.63) is 0 Å². The molecule has 0 aromatic carbocycles. The third-order valence-corrected chi connectivity index (χ3v) is 1.74. The van der Waals surface area contributed by atoms with Crippen LogP contribution in [-0.2, 0) is 14.4 Å². The molecule has 0 aromatic heterocycles. The number of carbonyl (C=O) groups is 3. The molecule has 0 fully saturated rings. The highest BCUT2D eigenvalue weighted by molar-refractivity contribution is 5.83. The fourth-order valence-electron chi connectivity index (χ4n) is 1.05. The first-order valence-electron chi connectivity index (χ1n) is 4.62. The molecule has 0 aromatic rings. The molecule has 6 nitrogen and oxygen atoms in total. The minimum atomic E-state index is -0.222. The van der Waals surface area contributed by atoms with Gasteiger partial charge in [0, 0.05) is 14.1 Å². The summed E-state index contributed by atoms with van der Waals surface area (Å²) in [6, 6.07) is 0. The van der Waals surface area contributed by atoms with Crippen LogP contribution in [0.5, 0.6) is 0 Å². The lowest BCUT2D eigenvalue weighted by molar-refractivity contribution is -0.126. The maximum absolute atomic E-state index is 11.1. The fraction of sp³-hybridized carbons (Fsp3) is 0.667. The Kier molecular flexibility index (Phi) is 6.28. The summed E-state index contributed by atoms with van der Waals surface area (Å²) in [7, 11) is 3.02. The molecule has 6 heteroatoms. The first kappa shape index (κ1) is 13.6. The van der Waals surface area contributed by atoms with Gasteiger partial charge in [0.05, 0.1) is 19.6 Å². The van der Waals surface area contributed by atoms with E-state index >= 15 is 0 Å². The first-order valence-corrected chi connectivity index (χ1v) is 4.62. The maximum atomic E-state index is 11.1. The van der Waals surface area contributed by atoms with Gasteiger partial charge in [-0.05, 0) is 6.92 Å². The number of amides is 2. The number of hydrogen-bond acceptors (Lipinski definition) is 4. The van der Waals surface area contributed by atoms with Gasteiger partial charge in [-0.2, -0.15) is 0 Å². The van der Waals surface area contributed by atoms with Gasteiger partial charge in [-0.15, -0.1) is 0 Å². The van der Waals surface area contributed by atoms with Crippen LogP contribution in [0.2, 0.25) is 0 Å². The van der Waals surface area contributed by atoms with E-state index < -0.39 is 0 Å². The van der Waals surface area contributed by atoms with Crippen molar-refractivity contribution in [2.75, 3.05) is 33.7 Å². The van der Waals surface area contributed by atoms with E-state index in [4.69, 9.17) is 0 Å². The Balaban J connectivity index is 4.23. The van der Waals surface area contributed by atoms with Gasteiger partial charge in [0.25, 0.3) is 0 Å². The van der Waals surface area contributed by atoms with E-state index in [1.165, 1.54) is 25.9 Å². The zero-order valence-electron chi connectivity index (χ0n) is 9.29. The molecule has 0 rings (SSSR count). The molecule has 0 saturated carbocycles. The third kappa shape index (κ3) is 6.62. The van der Waals surface area contributed by atoms with Crippen LogP contribution >= 0.6 is 0 Å². The summed E-state index contributed by atoms with van der Waals surface area (Å²) in [6.07, 6.45) is 0. The molecule has 0 heterocycles. The smallest absolute Gasteiger partial charge is 0.233 e. The van der Waals surface area contributed by atoms with Crippen molar-refractivity contribution in [3.8, 4) is 0 Å². The minimum absolute atomic E-state index is 0.0451. The molecule has 0 atom stereocenters. The number of ketones is 1. The number of hydrogen-bond donors (Lipinski definition) is 2. The van der Waals surface area contributed by atoms with Gasteiger partial charge >= 0.3 is 0 Å². The molecule has 0 radical (unpaired) electrons. The average molecular weight is 215 g/mol. The molecule has 15 heavy (non-hydrogen) atoms. The number of Topliss-reactive ketones (excluding diaryl/α,β-unsaturated/α-hetero) is 1. The zero-order valence-corrected chi connectivity index (χ0v) is 9.29. The topological polar surface area (TPSA) is 78.5 Å². The maximum Gasteiger partial charge on any atom is 0.233 e. The molecule has 86 valence electrons. The van der Waals surface area contributed by atoms with Crippen LogP contribution in [0.1, 0.15) is 6.92 Å². The van der Waals surface area contributed by atoms with E-state index in [1.807, 2.05) is 0 Å². The Hall–Kier alpha value is -1.43. The molecule has 0 aliphatic carbocycles. The predicted molar refractivity (Wildman–Crippen MR) is 55.3 cm³/mol. The van der Waals surface area contributed by atoms with Crippen molar-refractivity contribution in [2.24, 2.45) is 0 Å². The van der Waals surface area contributed by atoms with E-state index in [9.17, 15) is 14.4 Å². The average Bonchev–Trinajstić information content (AvgIpc) is 2.16. The minimum Gasteiger partial charge on any atom is -0.358 e. The normalized spacial score (nSPS) is 9.87. The summed E-state index contributed by atoms with van der Waals surface area (Å²) in [5.41, 5.74) is 0. The van der Waals surface area contributed by atoms with Crippen molar-refractivity contribution in [1.29, 1.82) is 0 Å². The lowest BCUT2D eigenvalue weighted by Crippen LogP contribution is -2.43. The second-order valence-corrected chi connectivity index (χ2v) is 3.19. The van der Waals surface area contributed by atoms with E-state index in [0.717, 1.165) is 0 Å². The number of nitrogens with zero attached hydrogens (tertiary/aromatic N) is 1. The van der Waals surface area contributed by atoms with Crippen molar-refractivity contribution < 1.29 is 14.4 Å². The first-order chi connectivity index (χ1) is 6.99. The van der Waals surface area contributed by atoms with Crippen LogP contribution in [0, 0.1) is 0 Å². The number of carbonyl (C=O) groups excluding carboxylic acids is 3. The highest BCUT2D eigenvalue weighted by atomic mass is 16.2. The molecule has 0 saturated heterocycles. The summed E-state index contributed by atoms with van der Waals surface area (Å²) >= 11 is 0. The molecule has 0 bridgehead atoms. The monoisotopic (exact) mass is 215 g/mol. The lowest BCUT2D eigenvalue weighted by atomic mass is 10.3. The zero-order chi connectivity index (χ0) is 11.8. The standard InChI is InChI=1S/C9H17N3O3/c1-7(13)4-12(5-8(14)10-2)6-9(15)11-3/h4-6H2,1-3H3,(H,10,14)(H,11,15). The van der Waals surface area contributed by atoms with Crippen LogP contribution in [0.15, 0.2) is 0 Å². The molecule has 0 aliphatic heterocycles. The summed E-state index contributed by atoms with van der Waals surface area (Å²) in [6.45, 7) is 1.61. The fourth-order valence-corrected chi connectivity index (χ4v) is 1.05. The van der Waals surface area contributed by atoms with Crippen molar-refractivity contribution in [2.45, 2.75) is 6.92 Å².